The number of rotatable bonds is 5. The Morgan fingerprint density at radius 1 is 0.338 bits per heavy atom. The molecule has 0 saturated heterocycles. The lowest BCUT2D eigenvalue weighted by atomic mass is 9.97. The molecular weight excluding hydrogens is 811 g/mol. The van der Waals surface area contributed by atoms with E-state index in [0.29, 0.717) is 17.5 Å². The van der Waals surface area contributed by atoms with Crippen molar-refractivity contribution in [3.8, 4) is 45.5 Å². The molecule has 65 heavy (non-hydrogen) atoms. The normalized spacial score (nSPS) is 12.0. The van der Waals surface area contributed by atoms with Crippen LogP contribution in [0.25, 0.3) is 131 Å². The Kier molecular flexibility index (Phi) is 7.79. The van der Waals surface area contributed by atoms with Gasteiger partial charge in [-0.2, -0.15) is 0 Å². The molecule has 10 aromatic carbocycles. The molecule has 4 heterocycles. The summed E-state index contributed by atoms with van der Waals surface area (Å²) in [5.74, 6) is 1.93. The van der Waals surface area contributed by atoms with Crippen LogP contribution in [0.1, 0.15) is 0 Å². The van der Waals surface area contributed by atoms with Crippen LogP contribution in [0, 0.1) is 0 Å². The maximum Gasteiger partial charge on any atom is 0.165 e. The fourth-order valence-corrected chi connectivity index (χ4v) is 11.5. The molecule has 0 N–H and O–H groups in total. The van der Waals surface area contributed by atoms with E-state index in [4.69, 9.17) is 15.0 Å². The molecule has 302 valence electrons. The molecule has 5 nitrogen and oxygen atoms in total. The van der Waals surface area contributed by atoms with Gasteiger partial charge in [0.25, 0.3) is 0 Å². The first-order valence-corrected chi connectivity index (χ1v) is 22.8. The van der Waals surface area contributed by atoms with Gasteiger partial charge in [0.2, 0.25) is 0 Å². The van der Waals surface area contributed by atoms with Crippen LogP contribution in [-0.4, -0.2) is 24.1 Å². The lowest BCUT2D eigenvalue weighted by molar-refractivity contribution is 1.08. The van der Waals surface area contributed by atoms with Crippen LogP contribution in [0.5, 0.6) is 0 Å². The fraction of sp³-hybridized carbons (Fsp3) is 0. The predicted molar refractivity (Wildman–Crippen MR) is 273 cm³/mol. The van der Waals surface area contributed by atoms with E-state index in [1.54, 1.807) is 11.3 Å². The van der Waals surface area contributed by atoms with Crippen LogP contribution in [0.3, 0.4) is 0 Å². The van der Waals surface area contributed by atoms with Gasteiger partial charge >= 0.3 is 0 Å². The largest absolute Gasteiger partial charge is 0.307 e. The van der Waals surface area contributed by atoms with E-state index < -0.39 is 0 Å². The minimum Gasteiger partial charge on any atom is -0.307 e. The first-order chi connectivity index (χ1) is 32.2. The quantitative estimate of drug-likeness (QED) is 0.162. The first kappa shape index (κ1) is 36.1. The average Bonchev–Trinajstić information content (AvgIpc) is 4.04. The Morgan fingerprint density at radius 3 is 1.75 bits per heavy atom. The minimum absolute atomic E-state index is 0.630. The summed E-state index contributed by atoms with van der Waals surface area (Å²) in [5.41, 5.74) is 9.73. The molecule has 0 saturated carbocycles. The van der Waals surface area contributed by atoms with Crippen molar-refractivity contribution in [2.45, 2.75) is 0 Å². The van der Waals surface area contributed by atoms with Crippen molar-refractivity contribution in [1.82, 2.24) is 24.1 Å². The van der Waals surface area contributed by atoms with E-state index in [2.05, 4.69) is 221 Å². The van der Waals surface area contributed by atoms with E-state index in [9.17, 15) is 0 Å². The van der Waals surface area contributed by atoms with Crippen molar-refractivity contribution in [2.75, 3.05) is 0 Å². The summed E-state index contributed by atoms with van der Waals surface area (Å²) in [6.45, 7) is 0. The maximum atomic E-state index is 5.41. The SMILES string of the molecule is c1ccc(-n2c3ccccc3c3cccc(-n4c5ccccc5c5cc(-c6nc(-c7cc8ccccc8c8ccccc78)nc(-c7cccc8c7sc7ccccc78)n6)ccc54)c32)cc1. The first-order valence-electron chi connectivity index (χ1n) is 21.9. The second kappa shape index (κ2) is 14.0. The van der Waals surface area contributed by atoms with Gasteiger partial charge in [0.15, 0.2) is 17.5 Å². The number of fused-ring (bicyclic) bond motifs is 12. The zero-order valence-corrected chi connectivity index (χ0v) is 35.7. The highest BCUT2D eigenvalue weighted by Gasteiger charge is 2.22. The molecule has 4 aromatic heterocycles. The van der Waals surface area contributed by atoms with E-state index in [-0.39, 0.29) is 0 Å². The summed E-state index contributed by atoms with van der Waals surface area (Å²) in [6, 6.07) is 76.1. The van der Waals surface area contributed by atoms with Gasteiger partial charge in [-0.05, 0) is 88.3 Å². The molecule has 0 bridgehead atoms. The van der Waals surface area contributed by atoms with Crippen LogP contribution in [-0.2, 0) is 0 Å². The zero-order valence-electron chi connectivity index (χ0n) is 34.9. The Hall–Kier alpha value is -8.45. The summed E-state index contributed by atoms with van der Waals surface area (Å²) < 4.78 is 7.26. The van der Waals surface area contributed by atoms with Gasteiger partial charge in [-0.15, -0.1) is 11.3 Å². The highest BCUT2D eigenvalue weighted by molar-refractivity contribution is 7.26. The van der Waals surface area contributed by atoms with Crippen LogP contribution < -0.4 is 0 Å². The van der Waals surface area contributed by atoms with Crippen molar-refractivity contribution in [3.05, 3.63) is 212 Å². The van der Waals surface area contributed by atoms with Crippen molar-refractivity contribution in [2.24, 2.45) is 0 Å². The summed E-state index contributed by atoms with van der Waals surface area (Å²) in [4.78, 5) is 16.2. The van der Waals surface area contributed by atoms with Gasteiger partial charge in [-0.1, -0.05) is 146 Å². The van der Waals surface area contributed by atoms with E-state index in [0.717, 1.165) is 66.2 Å². The van der Waals surface area contributed by atoms with Gasteiger partial charge < -0.3 is 9.13 Å². The minimum atomic E-state index is 0.630. The van der Waals surface area contributed by atoms with Crippen molar-refractivity contribution in [1.29, 1.82) is 0 Å². The lowest BCUT2D eigenvalue weighted by Gasteiger charge is -2.14. The summed E-state index contributed by atoms with van der Waals surface area (Å²) >= 11 is 1.79. The summed E-state index contributed by atoms with van der Waals surface area (Å²) in [6.07, 6.45) is 0. The number of nitrogens with zero attached hydrogens (tertiary/aromatic N) is 5. The van der Waals surface area contributed by atoms with Gasteiger partial charge in [0.05, 0.1) is 27.8 Å². The molecule has 14 rings (SSSR count). The molecule has 0 aliphatic heterocycles. The van der Waals surface area contributed by atoms with E-state index in [1.165, 1.54) is 47.2 Å². The Labute approximate surface area is 376 Å². The highest BCUT2D eigenvalue weighted by atomic mass is 32.1. The van der Waals surface area contributed by atoms with E-state index in [1.807, 2.05) is 0 Å². The highest BCUT2D eigenvalue weighted by Crippen LogP contribution is 2.43. The van der Waals surface area contributed by atoms with Gasteiger partial charge in [0, 0.05) is 64.1 Å². The third kappa shape index (κ3) is 5.41. The number of aromatic nitrogens is 5. The summed E-state index contributed by atoms with van der Waals surface area (Å²) in [5, 5.41) is 11.8. The monoisotopic (exact) mass is 845 g/mol. The predicted octanol–water partition coefficient (Wildman–Crippen LogP) is 15.7. The number of hydrogen-bond acceptors (Lipinski definition) is 4. The van der Waals surface area contributed by atoms with Crippen LogP contribution in [0.2, 0.25) is 0 Å². The van der Waals surface area contributed by atoms with Crippen LogP contribution in [0.15, 0.2) is 212 Å². The average molecular weight is 846 g/mol. The standard InChI is InChI=1S/C59H35N5S/c1-2-17-38(18-3-1)63-50-28-11-8-22-42(50)45-25-15-30-53(55(45)63)64-51-29-12-9-23-43(51)48-35-37(32-33-52(48)64)57-60-58(47-27-14-26-46-44-24-10-13-31-54(44)65-56(46)47)62-59(61-57)49-34-36-16-4-5-19-39(36)40-20-6-7-21-41(40)49/h1-35H. The van der Waals surface area contributed by atoms with E-state index >= 15 is 0 Å². The molecule has 0 unspecified atom stereocenters. The number of hydrogen-bond donors (Lipinski definition) is 0. The van der Waals surface area contributed by atoms with Crippen LogP contribution >= 0.6 is 11.3 Å². The molecule has 0 radical (unpaired) electrons. The molecule has 0 aliphatic carbocycles. The van der Waals surface area contributed by atoms with Crippen molar-refractivity contribution in [3.63, 3.8) is 0 Å². The Bertz CT molecular complexity index is 4250. The third-order valence-electron chi connectivity index (χ3n) is 13.1. The zero-order chi connectivity index (χ0) is 42.6. The van der Waals surface area contributed by atoms with Gasteiger partial charge in [0.1, 0.15) is 0 Å². The molecule has 0 fully saturated rings. The summed E-state index contributed by atoms with van der Waals surface area (Å²) in [7, 11) is 0. The molecule has 0 spiro atoms. The molecular formula is C59H35N5S. The second-order valence-corrected chi connectivity index (χ2v) is 17.8. The molecule has 0 atom stereocenters. The topological polar surface area (TPSA) is 48.5 Å². The smallest absolute Gasteiger partial charge is 0.165 e. The number of benzene rings is 10. The molecule has 0 amide bonds. The third-order valence-corrected chi connectivity index (χ3v) is 14.4. The lowest BCUT2D eigenvalue weighted by Crippen LogP contribution is -2.01. The van der Waals surface area contributed by atoms with Gasteiger partial charge in [-0.3, -0.25) is 0 Å². The van der Waals surface area contributed by atoms with Crippen molar-refractivity contribution < 1.29 is 0 Å². The Balaban J connectivity index is 1.03. The number of para-hydroxylation sites is 4. The maximum absolute atomic E-state index is 5.41. The second-order valence-electron chi connectivity index (χ2n) is 16.7. The molecule has 0 aliphatic rings. The fourth-order valence-electron chi connectivity index (χ4n) is 10.3. The molecule has 6 heteroatoms. The molecule has 14 aromatic rings. The van der Waals surface area contributed by atoms with Crippen molar-refractivity contribution >= 4 is 96.7 Å². The Morgan fingerprint density at radius 2 is 0.923 bits per heavy atom. The number of thiophene rings is 1. The van der Waals surface area contributed by atoms with Gasteiger partial charge in [-0.25, -0.2) is 15.0 Å². The van der Waals surface area contributed by atoms with Crippen LogP contribution in [0.4, 0.5) is 0 Å².